The van der Waals surface area contributed by atoms with Gasteiger partial charge in [0, 0.05) is 29.5 Å². The van der Waals surface area contributed by atoms with Crippen LogP contribution < -0.4 is 5.56 Å². The number of benzene rings is 2. The van der Waals surface area contributed by atoms with Crippen LogP contribution in [0.15, 0.2) is 59.5 Å². The van der Waals surface area contributed by atoms with Crippen LogP contribution in [-0.4, -0.2) is 25.4 Å². The molecule has 4 rings (SSSR count). The monoisotopic (exact) mass is 490 g/mol. The van der Waals surface area contributed by atoms with Crippen molar-refractivity contribution in [1.29, 1.82) is 0 Å². The van der Waals surface area contributed by atoms with Crippen molar-refractivity contribution >= 4 is 11.3 Å². The number of hydrogen-bond donors (Lipinski definition) is 2. The predicted molar refractivity (Wildman–Crippen MR) is 120 cm³/mol. The SMILES string of the molecule is CC(C)(O)C(O)c1nc(-c2ccc(=O)n(-c3c(F)cccc3F)c2)c(-c2ccc(F)cc2F)s1. The second-order valence-electron chi connectivity index (χ2n) is 8.11. The smallest absolute Gasteiger partial charge is 0.255 e. The molecule has 34 heavy (non-hydrogen) atoms. The Bertz CT molecular complexity index is 1420. The molecule has 1 unspecified atom stereocenters. The number of aromatic nitrogens is 2. The molecule has 0 spiro atoms. The highest BCUT2D eigenvalue weighted by molar-refractivity contribution is 7.15. The van der Waals surface area contributed by atoms with Crippen LogP contribution in [0.25, 0.3) is 27.4 Å². The number of aliphatic hydroxyl groups excluding tert-OH is 1. The van der Waals surface area contributed by atoms with Crippen LogP contribution in [0.4, 0.5) is 17.6 Å². The molecule has 2 heterocycles. The van der Waals surface area contributed by atoms with Crippen molar-refractivity contribution in [3.05, 3.63) is 93.4 Å². The van der Waals surface area contributed by atoms with E-state index in [9.17, 15) is 32.6 Å². The molecule has 176 valence electrons. The maximum atomic E-state index is 14.7. The molecule has 0 radical (unpaired) electrons. The second-order valence-corrected chi connectivity index (χ2v) is 9.14. The van der Waals surface area contributed by atoms with Gasteiger partial charge in [-0.3, -0.25) is 9.36 Å². The van der Waals surface area contributed by atoms with E-state index >= 15 is 0 Å². The van der Waals surface area contributed by atoms with Crippen molar-refractivity contribution in [2.45, 2.75) is 25.6 Å². The first-order valence-electron chi connectivity index (χ1n) is 10.0. The molecule has 0 aliphatic heterocycles. The zero-order valence-electron chi connectivity index (χ0n) is 17.9. The van der Waals surface area contributed by atoms with E-state index in [-0.39, 0.29) is 26.7 Å². The summed E-state index contributed by atoms with van der Waals surface area (Å²) < 4.78 is 57.7. The molecular formula is C24H18F4N2O3S. The summed E-state index contributed by atoms with van der Waals surface area (Å²) in [6.45, 7) is 2.72. The molecule has 1 atom stereocenters. The fraction of sp³-hybridized carbons (Fsp3) is 0.167. The topological polar surface area (TPSA) is 75.3 Å². The number of thiazole rings is 1. The van der Waals surface area contributed by atoms with E-state index in [1.165, 1.54) is 26.0 Å². The lowest BCUT2D eigenvalue weighted by Crippen LogP contribution is -2.28. The van der Waals surface area contributed by atoms with Gasteiger partial charge in [0.1, 0.15) is 40.1 Å². The molecule has 0 saturated heterocycles. The van der Waals surface area contributed by atoms with Gasteiger partial charge in [0.2, 0.25) is 0 Å². The van der Waals surface area contributed by atoms with Gasteiger partial charge >= 0.3 is 0 Å². The number of aliphatic hydroxyl groups is 2. The Morgan fingerprint density at radius 1 is 1.00 bits per heavy atom. The zero-order valence-corrected chi connectivity index (χ0v) is 18.7. The quantitative estimate of drug-likeness (QED) is 0.387. The van der Waals surface area contributed by atoms with Gasteiger partial charge in [0.15, 0.2) is 0 Å². The molecule has 0 aliphatic carbocycles. The fourth-order valence-electron chi connectivity index (χ4n) is 3.33. The molecule has 2 N–H and O–H groups in total. The molecule has 0 aliphatic rings. The van der Waals surface area contributed by atoms with Crippen LogP contribution in [-0.2, 0) is 0 Å². The van der Waals surface area contributed by atoms with E-state index in [2.05, 4.69) is 4.98 Å². The summed E-state index contributed by atoms with van der Waals surface area (Å²) >= 11 is 0.856. The average Bonchev–Trinajstić information content (AvgIpc) is 3.18. The van der Waals surface area contributed by atoms with Crippen LogP contribution in [0.3, 0.4) is 0 Å². The number of pyridine rings is 1. The third-order valence-electron chi connectivity index (χ3n) is 5.09. The van der Waals surface area contributed by atoms with Gasteiger partial charge in [-0.1, -0.05) is 6.07 Å². The van der Waals surface area contributed by atoms with Crippen molar-refractivity contribution in [3.63, 3.8) is 0 Å². The Hall–Kier alpha value is -3.34. The summed E-state index contributed by atoms with van der Waals surface area (Å²) in [5.41, 5.74) is -2.73. The van der Waals surface area contributed by atoms with Gasteiger partial charge in [-0.2, -0.15) is 0 Å². The Kier molecular flexibility index (Phi) is 6.15. The normalized spacial score (nSPS) is 12.7. The maximum Gasteiger partial charge on any atom is 0.255 e. The first-order chi connectivity index (χ1) is 16.0. The van der Waals surface area contributed by atoms with Gasteiger partial charge in [-0.25, -0.2) is 22.5 Å². The summed E-state index contributed by atoms with van der Waals surface area (Å²) in [6, 6.07) is 8.46. The van der Waals surface area contributed by atoms with E-state index in [1.807, 2.05) is 0 Å². The number of nitrogens with zero attached hydrogens (tertiary/aromatic N) is 2. The second kappa shape index (κ2) is 8.79. The highest BCUT2D eigenvalue weighted by Crippen LogP contribution is 2.41. The highest BCUT2D eigenvalue weighted by Gasteiger charge is 2.31. The molecule has 2 aromatic carbocycles. The predicted octanol–water partition coefficient (Wildman–Crippen LogP) is 4.99. The number of hydrogen-bond acceptors (Lipinski definition) is 5. The van der Waals surface area contributed by atoms with Gasteiger partial charge in [-0.15, -0.1) is 11.3 Å². The standard InChI is InChI=1S/C24H18F4N2O3S/c1-24(2,33)22(32)23-29-19(21(34-23)14-8-7-13(25)10-17(14)28)12-6-9-18(31)30(11-12)20-15(26)4-3-5-16(20)27/h3-11,22,32-33H,1-2H3. The van der Waals surface area contributed by atoms with Crippen molar-refractivity contribution in [2.24, 2.45) is 0 Å². The first-order valence-corrected chi connectivity index (χ1v) is 10.8. The molecule has 0 saturated carbocycles. The Labute approximate surface area is 195 Å². The third-order valence-corrected chi connectivity index (χ3v) is 6.23. The van der Waals surface area contributed by atoms with Crippen molar-refractivity contribution in [2.75, 3.05) is 0 Å². The maximum absolute atomic E-state index is 14.7. The summed E-state index contributed by atoms with van der Waals surface area (Å²) in [4.78, 5) is 16.9. The molecule has 2 aromatic heterocycles. The van der Waals surface area contributed by atoms with Crippen molar-refractivity contribution < 1.29 is 27.8 Å². The molecule has 10 heteroatoms. The molecule has 0 fully saturated rings. The molecular weight excluding hydrogens is 472 g/mol. The largest absolute Gasteiger partial charge is 0.387 e. The van der Waals surface area contributed by atoms with E-state index < -0.39 is 46.2 Å². The zero-order chi connectivity index (χ0) is 24.8. The van der Waals surface area contributed by atoms with Crippen molar-refractivity contribution in [1.82, 2.24) is 9.55 Å². The average molecular weight is 490 g/mol. The van der Waals surface area contributed by atoms with E-state index in [1.54, 1.807) is 0 Å². The van der Waals surface area contributed by atoms with Gasteiger partial charge in [0.05, 0.1) is 16.2 Å². The van der Waals surface area contributed by atoms with Crippen LogP contribution >= 0.6 is 11.3 Å². The van der Waals surface area contributed by atoms with Gasteiger partial charge < -0.3 is 10.2 Å². The van der Waals surface area contributed by atoms with Crippen molar-refractivity contribution in [3.8, 4) is 27.4 Å². The summed E-state index contributed by atoms with van der Waals surface area (Å²) in [5, 5.41) is 20.8. The number of rotatable bonds is 5. The molecule has 4 aromatic rings. The van der Waals surface area contributed by atoms with E-state index in [0.29, 0.717) is 6.07 Å². The van der Waals surface area contributed by atoms with Gasteiger partial charge in [0.25, 0.3) is 5.56 Å². The summed E-state index contributed by atoms with van der Waals surface area (Å²) in [7, 11) is 0. The first kappa shape index (κ1) is 23.8. The lowest BCUT2D eigenvalue weighted by Gasteiger charge is -2.22. The fourth-order valence-corrected chi connectivity index (χ4v) is 4.61. The lowest BCUT2D eigenvalue weighted by molar-refractivity contribution is -0.0497. The van der Waals surface area contributed by atoms with Crippen LogP contribution in [0.1, 0.15) is 25.0 Å². The Morgan fingerprint density at radius 2 is 1.68 bits per heavy atom. The van der Waals surface area contributed by atoms with Gasteiger partial charge in [-0.05, 0) is 44.2 Å². The van der Waals surface area contributed by atoms with E-state index in [0.717, 1.165) is 52.4 Å². The third kappa shape index (κ3) is 4.39. The number of para-hydroxylation sites is 1. The van der Waals surface area contributed by atoms with Crippen LogP contribution in [0.5, 0.6) is 0 Å². The summed E-state index contributed by atoms with van der Waals surface area (Å²) in [5.74, 6) is -3.64. The minimum Gasteiger partial charge on any atom is -0.387 e. The minimum absolute atomic E-state index is 0.0241. The molecule has 0 bridgehead atoms. The van der Waals surface area contributed by atoms with Crippen LogP contribution in [0.2, 0.25) is 0 Å². The number of halogens is 4. The lowest BCUT2D eigenvalue weighted by atomic mass is 10.0. The Balaban J connectivity index is 1.97. The Morgan fingerprint density at radius 3 is 2.29 bits per heavy atom. The van der Waals surface area contributed by atoms with Crippen LogP contribution in [0, 0.1) is 23.3 Å². The van der Waals surface area contributed by atoms with E-state index in [4.69, 9.17) is 0 Å². The minimum atomic E-state index is -1.59. The molecule has 5 nitrogen and oxygen atoms in total. The highest BCUT2D eigenvalue weighted by atomic mass is 32.1. The molecule has 0 amide bonds. The summed E-state index contributed by atoms with van der Waals surface area (Å²) in [6.07, 6.45) is -0.312.